The van der Waals surface area contributed by atoms with Crippen molar-refractivity contribution in [2.45, 2.75) is 129 Å². The third-order valence-electron chi connectivity index (χ3n) is 5.38. The van der Waals surface area contributed by atoms with E-state index in [4.69, 9.17) is 0 Å². The first-order chi connectivity index (χ1) is 13.0. The summed E-state index contributed by atoms with van der Waals surface area (Å²) >= 11 is 0. The second kappa shape index (κ2) is 23.2. The van der Waals surface area contributed by atoms with E-state index in [-0.39, 0.29) is 63.9 Å². The molecule has 0 aromatic heterocycles. The molecule has 0 saturated carbocycles. The third kappa shape index (κ3) is 25.5. The summed E-state index contributed by atoms with van der Waals surface area (Å²) in [6.07, 6.45) is 22.4. The summed E-state index contributed by atoms with van der Waals surface area (Å²) in [4.78, 5) is 0. The quantitative estimate of drug-likeness (QED) is 0.115. The Labute approximate surface area is 218 Å². The zero-order valence-corrected chi connectivity index (χ0v) is 23.0. The molecule has 0 N–H and O–H groups in total. The molecular formula is C22H45KO4S. The maximum absolute atomic E-state index is 10.7. The van der Waals surface area contributed by atoms with Crippen molar-refractivity contribution < 1.29 is 68.5 Å². The molecule has 0 radical (unpaired) electrons. The van der Waals surface area contributed by atoms with Crippen LogP contribution in [0.4, 0.5) is 0 Å². The Morgan fingerprint density at radius 3 is 1.29 bits per heavy atom. The van der Waals surface area contributed by atoms with Gasteiger partial charge < -0.3 is 4.55 Å². The summed E-state index contributed by atoms with van der Waals surface area (Å²) in [7, 11) is -4.56. The van der Waals surface area contributed by atoms with Crippen molar-refractivity contribution >= 4 is 10.4 Å². The molecule has 0 spiro atoms. The summed E-state index contributed by atoms with van der Waals surface area (Å²) in [5, 5.41) is 0. The minimum Gasteiger partial charge on any atom is -0.726 e. The molecule has 0 aliphatic carbocycles. The van der Waals surface area contributed by atoms with E-state index in [0.29, 0.717) is 0 Å². The van der Waals surface area contributed by atoms with E-state index < -0.39 is 10.4 Å². The topological polar surface area (TPSA) is 66.4 Å². The van der Waals surface area contributed by atoms with Gasteiger partial charge in [0.1, 0.15) is 0 Å². The van der Waals surface area contributed by atoms with Crippen LogP contribution in [-0.4, -0.2) is 19.6 Å². The molecule has 0 aromatic carbocycles. The van der Waals surface area contributed by atoms with Crippen LogP contribution < -0.4 is 51.4 Å². The normalized spacial score (nSPS) is 12.7. The molecule has 4 nitrogen and oxygen atoms in total. The van der Waals surface area contributed by atoms with Crippen molar-refractivity contribution in [2.24, 2.45) is 5.92 Å². The molecule has 0 aliphatic rings. The van der Waals surface area contributed by atoms with Crippen molar-refractivity contribution in [2.75, 3.05) is 6.61 Å². The summed E-state index contributed by atoms with van der Waals surface area (Å²) in [5.41, 5.74) is 0. The van der Waals surface area contributed by atoms with Gasteiger partial charge in [-0.05, 0) is 18.8 Å². The van der Waals surface area contributed by atoms with Crippen molar-refractivity contribution in [3.63, 3.8) is 0 Å². The van der Waals surface area contributed by atoms with Gasteiger partial charge in [0.2, 0.25) is 10.4 Å². The van der Waals surface area contributed by atoms with Crippen LogP contribution in [0.3, 0.4) is 0 Å². The molecule has 0 rings (SSSR count). The Kier molecular flexibility index (Phi) is 26.2. The third-order valence-corrected chi connectivity index (χ3v) is 5.80. The molecule has 0 saturated heterocycles. The fourth-order valence-corrected chi connectivity index (χ4v) is 3.98. The van der Waals surface area contributed by atoms with E-state index >= 15 is 0 Å². The monoisotopic (exact) mass is 444 g/mol. The molecule has 0 amide bonds. The van der Waals surface area contributed by atoms with Crippen LogP contribution in [0.2, 0.25) is 0 Å². The molecule has 1 unspecified atom stereocenters. The minimum absolute atomic E-state index is 0. The Balaban J connectivity index is 0. The van der Waals surface area contributed by atoms with Crippen molar-refractivity contribution in [1.29, 1.82) is 0 Å². The minimum atomic E-state index is -4.56. The van der Waals surface area contributed by atoms with Gasteiger partial charge in [-0.1, -0.05) is 117 Å². The number of hydrogen-bond acceptors (Lipinski definition) is 4. The average molecular weight is 445 g/mol. The standard InChI is InChI=1S/C22H46O4S.K/c1-3-5-7-9-10-11-12-13-14-16-18-20-22(21-26-27(23,24)25)19-17-15-8-6-4-2;/h22H,3-21H2,1-2H3,(H,23,24,25);/q;+1/p-1. The first-order valence-electron chi connectivity index (χ1n) is 11.6. The SMILES string of the molecule is CCCCCCCCCCCCCC(CCCCCCC)COS(=O)(=O)[O-].[K+]. The smallest absolute Gasteiger partial charge is 0.726 e. The van der Waals surface area contributed by atoms with E-state index in [1.165, 1.54) is 89.9 Å². The predicted octanol–water partition coefficient (Wildman–Crippen LogP) is 4.15. The van der Waals surface area contributed by atoms with Gasteiger partial charge in [-0.25, -0.2) is 8.42 Å². The fraction of sp³-hybridized carbons (Fsp3) is 1.00. The van der Waals surface area contributed by atoms with Crippen LogP contribution in [0.1, 0.15) is 129 Å². The maximum atomic E-state index is 10.7. The van der Waals surface area contributed by atoms with Crippen molar-refractivity contribution in [3.8, 4) is 0 Å². The Bertz CT molecular complexity index is 401. The van der Waals surface area contributed by atoms with Gasteiger partial charge >= 0.3 is 51.4 Å². The van der Waals surface area contributed by atoms with Gasteiger partial charge in [-0.15, -0.1) is 0 Å². The number of hydrogen-bond donors (Lipinski definition) is 0. The molecule has 0 aromatic rings. The molecule has 0 fully saturated rings. The zero-order valence-electron chi connectivity index (χ0n) is 19.1. The van der Waals surface area contributed by atoms with Gasteiger partial charge in [-0.3, -0.25) is 4.18 Å². The first-order valence-corrected chi connectivity index (χ1v) is 12.9. The van der Waals surface area contributed by atoms with E-state index in [9.17, 15) is 13.0 Å². The molecule has 6 heteroatoms. The van der Waals surface area contributed by atoms with E-state index in [1.54, 1.807) is 0 Å². The van der Waals surface area contributed by atoms with Crippen molar-refractivity contribution in [3.05, 3.63) is 0 Å². The van der Waals surface area contributed by atoms with Gasteiger partial charge in [0, 0.05) is 0 Å². The Morgan fingerprint density at radius 2 is 0.964 bits per heavy atom. The van der Waals surface area contributed by atoms with Crippen LogP contribution in [0.25, 0.3) is 0 Å². The summed E-state index contributed by atoms with van der Waals surface area (Å²) in [6, 6.07) is 0. The van der Waals surface area contributed by atoms with Crippen LogP contribution in [0.5, 0.6) is 0 Å². The molecular weight excluding hydrogens is 399 g/mol. The molecule has 1 atom stereocenters. The number of unbranched alkanes of at least 4 members (excludes halogenated alkanes) is 14. The average Bonchev–Trinajstić information content (AvgIpc) is 2.62. The molecule has 0 bridgehead atoms. The Hall–Kier alpha value is 1.51. The largest absolute Gasteiger partial charge is 1.00 e. The second-order valence-electron chi connectivity index (χ2n) is 8.09. The summed E-state index contributed by atoms with van der Waals surface area (Å²) in [6.45, 7) is 4.52. The van der Waals surface area contributed by atoms with Gasteiger partial charge in [-0.2, -0.15) is 0 Å². The molecule has 28 heavy (non-hydrogen) atoms. The number of rotatable bonds is 21. The van der Waals surface area contributed by atoms with Crippen molar-refractivity contribution in [1.82, 2.24) is 0 Å². The molecule has 164 valence electrons. The maximum Gasteiger partial charge on any atom is 1.00 e. The van der Waals surface area contributed by atoms with Gasteiger partial charge in [0.05, 0.1) is 6.61 Å². The van der Waals surface area contributed by atoms with Crippen LogP contribution in [0.15, 0.2) is 0 Å². The summed E-state index contributed by atoms with van der Waals surface area (Å²) < 4.78 is 36.7. The Morgan fingerprint density at radius 1 is 0.643 bits per heavy atom. The van der Waals surface area contributed by atoms with Crippen LogP contribution >= 0.6 is 0 Å². The van der Waals surface area contributed by atoms with Crippen LogP contribution in [-0.2, 0) is 14.6 Å². The van der Waals surface area contributed by atoms with E-state index in [2.05, 4.69) is 18.0 Å². The fourth-order valence-electron chi connectivity index (χ4n) is 3.62. The zero-order chi connectivity index (χ0) is 20.2. The van der Waals surface area contributed by atoms with Gasteiger partial charge in [0.25, 0.3) is 0 Å². The second-order valence-corrected chi connectivity index (χ2v) is 9.14. The predicted molar refractivity (Wildman–Crippen MR) is 114 cm³/mol. The van der Waals surface area contributed by atoms with Crippen LogP contribution in [0, 0.1) is 5.92 Å². The molecule has 0 heterocycles. The summed E-state index contributed by atoms with van der Waals surface area (Å²) in [5.74, 6) is 0.203. The van der Waals surface area contributed by atoms with E-state index in [1.807, 2.05) is 0 Å². The van der Waals surface area contributed by atoms with Gasteiger partial charge in [0.15, 0.2) is 0 Å². The van der Waals surface area contributed by atoms with E-state index in [0.717, 1.165) is 25.7 Å². The molecule has 0 aliphatic heterocycles. The first kappa shape index (κ1) is 31.7.